The molecule has 3 rings (SSSR count). The predicted octanol–water partition coefficient (Wildman–Crippen LogP) is 3.53. The van der Waals surface area contributed by atoms with Crippen LogP contribution in [0.5, 0.6) is 0 Å². The van der Waals surface area contributed by atoms with E-state index in [1.807, 2.05) is 4.90 Å². The first kappa shape index (κ1) is 16.0. The summed E-state index contributed by atoms with van der Waals surface area (Å²) in [5.41, 5.74) is 1.39. The molecule has 2 fully saturated rings. The van der Waals surface area contributed by atoms with Crippen molar-refractivity contribution in [3.8, 4) is 0 Å². The third-order valence-electron chi connectivity index (χ3n) is 5.26. The van der Waals surface area contributed by atoms with Gasteiger partial charge in [0, 0.05) is 37.6 Å². The summed E-state index contributed by atoms with van der Waals surface area (Å²) in [7, 11) is 0. The summed E-state index contributed by atoms with van der Waals surface area (Å²) >= 11 is 3.55. The second-order valence-corrected chi connectivity index (χ2v) is 7.67. The lowest BCUT2D eigenvalue weighted by Crippen LogP contribution is -2.39. The van der Waals surface area contributed by atoms with Gasteiger partial charge in [-0.1, -0.05) is 28.1 Å². The molecule has 2 aliphatic heterocycles. The largest absolute Gasteiger partial charge is 0.343 e. The highest BCUT2D eigenvalue weighted by atomic mass is 79.9. The Balaban J connectivity index is 1.49. The summed E-state index contributed by atoms with van der Waals surface area (Å²) in [6.45, 7) is 7.10. The smallest absolute Gasteiger partial charge is 0.219 e. The first-order valence-corrected chi connectivity index (χ1v) is 9.13. The number of benzene rings is 1. The number of rotatable bonds is 3. The lowest BCUT2D eigenvalue weighted by atomic mass is 9.84. The molecule has 0 aromatic heterocycles. The van der Waals surface area contributed by atoms with E-state index in [1.54, 1.807) is 6.92 Å². The Hall–Kier alpha value is -0.870. The van der Waals surface area contributed by atoms with Crippen LogP contribution in [0.1, 0.15) is 31.7 Å². The first-order chi connectivity index (χ1) is 10.6. The minimum atomic E-state index is 0.237. The minimum Gasteiger partial charge on any atom is -0.343 e. The van der Waals surface area contributed by atoms with Crippen molar-refractivity contribution in [2.75, 3.05) is 26.2 Å². The molecule has 0 spiro atoms. The van der Waals surface area contributed by atoms with Crippen LogP contribution < -0.4 is 0 Å². The maximum Gasteiger partial charge on any atom is 0.219 e. The molecule has 0 saturated carbocycles. The molecular weight excluding hydrogens is 340 g/mol. The summed E-state index contributed by atoms with van der Waals surface area (Å²) in [5, 5.41) is 0. The van der Waals surface area contributed by atoms with Gasteiger partial charge in [-0.15, -0.1) is 0 Å². The molecule has 0 bridgehead atoms. The van der Waals surface area contributed by atoms with Crippen molar-refractivity contribution in [3.05, 3.63) is 34.3 Å². The molecule has 2 aliphatic rings. The van der Waals surface area contributed by atoms with E-state index in [4.69, 9.17) is 0 Å². The third kappa shape index (κ3) is 3.90. The molecule has 1 atom stereocenters. The van der Waals surface area contributed by atoms with Crippen LogP contribution in [0, 0.1) is 11.8 Å². The topological polar surface area (TPSA) is 23.6 Å². The van der Waals surface area contributed by atoms with E-state index < -0.39 is 0 Å². The van der Waals surface area contributed by atoms with E-state index in [1.165, 1.54) is 37.9 Å². The van der Waals surface area contributed by atoms with Gasteiger partial charge in [-0.05, 0) is 55.3 Å². The highest BCUT2D eigenvalue weighted by Crippen LogP contribution is 2.32. The van der Waals surface area contributed by atoms with E-state index in [9.17, 15) is 4.79 Å². The quantitative estimate of drug-likeness (QED) is 0.818. The zero-order valence-corrected chi connectivity index (χ0v) is 14.9. The Morgan fingerprint density at radius 1 is 1.18 bits per heavy atom. The Morgan fingerprint density at radius 3 is 2.59 bits per heavy atom. The van der Waals surface area contributed by atoms with Gasteiger partial charge in [0.1, 0.15) is 0 Å². The highest BCUT2D eigenvalue weighted by molar-refractivity contribution is 9.10. The van der Waals surface area contributed by atoms with E-state index >= 15 is 0 Å². The second-order valence-electron chi connectivity index (χ2n) is 6.76. The lowest BCUT2D eigenvalue weighted by Gasteiger charge is -2.34. The van der Waals surface area contributed by atoms with Gasteiger partial charge in [0.2, 0.25) is 5.91 Å². The Labute approximate surface area is 141 Å². The zero-order chi connectivity index (χ0) is 15.5. The first-order valence-electron chi connectivity index (χ1n) is 8.34. The number of carbonyl (C=O) groups excluding carboxylic acids is 1. The zero-order valence-electron chi connectivity index (χ0n) is 13.3. The van der Waals surface area contributed by atoms with Gasteiger partial charge in [-0.25, -0.2) is 0 Å². The minimum absolute atomic E-state index is 0.237. The van der Waals surface area contributed by atoms with Crippen LogP contribution in [0.15, 0.2) is 28.7 Å². The maximum atomic E-state index is 11.4. The van der Waals surface area contributed by atoms with E-state index in [0.29, 0.717) is 0 Å². The molecule has 1 aromatic carbocycles. The van der Waals surface area contributed by atoms with Crippen molar-refractivity contribution in [2.24, 2.45) is 11.8 Å². The standard InChI is InChI=1S/C18H25BrN2O/c1-14(22)21-9-6-16(7-10-21)17-5-8-20(13-17)12-15-3-2-4-18(19)11-15/h2-4,11,16-17H,5-10,12-13H2,1H3. The molecule has 2 saturated heterocycles. The highest BCUT2D eigenvalue weighted by Gasteiger charge is 2.32. The summed E-state index contributed by atoms with van der Waals surface area (Å²) in [6, 6.07) is 8.63. The van der Waals surface area contributed by atoms with Crippen LogP contribution in [0.2, 0.25) is 0 Å². The van der Waals surface area contributed by atoms with Crippen LogP contribution >= 0.6 is 15.9 Å². The monoisotopic (exact) mass is 364 g/mol. The molecule has 1 unspecified atom stereocenters. The molecule has 1 amide bonds. The van der Waals surface area contributed by atoms with Gasteiger partial charge in [-0.2, -0.15) is 0 Å². The number of piperidine rings is 1. The Morgan fingerprint density at radius 2 is 1.91 bits per heavy atom. The van der Waals surface area contributed by atoms with Gasteiger partial charge >= 0.3 is 0 Å². The van der Waals surface area contributed by atoms with Gasteiger partial charge in [0.25, 0.3) is 0 Å². The van der Waals surface area contributed by atoms with Crippen molar-refractivity contribution in [1.29, 1.82) is 0 Å². The number of hydrogen-bond acceptors (Lipinski definition) is 2. The van der Waals surface area contributed by atoms with Gasteiger partial charge < -0.3 is 4.90 Å². The molecule has 0 aliphatic carbocycles. The van der Waals surface area contributed by atoms with Crippen LogP contribution in [-0.4, -0.2) is 41.9 Å². The molecule has 0 radical (unpaired) electrons. The number of carbonyl (C=O) groups is 1. The van der Waals surface area contributed by atoms with Crippen LogP contribution in [-0.2, 0) is 11.3 Å². The Kier molecular flexibility index (Phi) is 5.19. The molecule has 3 nitrogen and oxygen atoms in total. The average Bonchev–Trinajstić information content (AvgIpc) is 2.96. The fraction of sp³-hybridized carbons (Fsp3) is 0.611. The number of amides is 1. The van der Waals surface area contributed by atoms with Crippen molar-refractivity contribution < 1.29 is 4.79 Å². The number of halogens is 1. The molecule has 4 heteroatoms. The van der Waals surface area contributed by atoms with Crippen LogP contribution in [0.4, 0.5) is 0 Å². The van der Waals surface area contributed by atoms with Crippen molar-refractivity contribution in [1.82, 2.24) is 9.80 Å². The molecule has 0 N–H and O–H groups in total. The Bertz CT molecular complexity index is 526. The SMILES string of the molecule is CC(=O)N1CCC(C2CCN(Cc3cccc(Br)c3)C2)CC1. The van der Waals surface area contributed by atoms with Gasteiger partial charge in [0.15, 0.2) is 0 Å². The fourth-order valence-corrected chi connectivity index (χ4v) is 4.42. The molecule has 120 valence electrons. The summed E-state index contributed by atoms with van der Waals surface area (Å²) in [5.74, 6) is 1.87. The third-order valence-corrected chi connectivity index (χ3v) is 5.75. The fourth-order valence-electron chi connectivity index (χ4n) is 3.97. The normalized spacial score (nSPS) is 23.9. The van der Waals surface area contributed by atoms with E-state index in [-0.39, 0.29) is 5.91 Å². The number of nitrogens with zero attached hydrogens (tertiary/aromatic N) is 2. The van der Waals surface area contributed by atoms with Crippen molar-refractivity contribution >= 4 is 21.8 Å². The number of likely N-dealkylation sites (tertiary alicyclic amines) is 2. The molecular formula is C18H25BrN2O. The molecule has 22 heavy (non-hydrogen) atoms. The molecule has 1 aromatic rings. The summed E-state index contributed by atoms with van der Waals surface area (Å²) < 4.78 is 1.16. The predicted molar refractivity (Wildman–Crippen MR) is 92.5 cm³/mol. The average molecular weight is 365 g/mol. The maximum absolute atomic E-state index is 11.4. The molecule has 2 heterocycles. The lowest BCUT2D eigenvalue weighted by molar-refractivity contribution is -0.130. The van der Waals surface area contributed by atoms with Crippen molar-refractivity contribution in [3.63, 3.8) is 0 Å². The van der Waals surface area contributed by atoms with Crippen molar-refractivity contribution in [2.45, 2.75) is 32.7 Å². The summed E-state index contributed by atoms with van der Waals surface area (Å²) in [4.78, 5) is 16.0. The number of hydrogen-bond donors (Lipinski definition) is 0. The van der Waals surface area contributed by atoms with Gasteiger partial charge in [-0.3, -0.25) is 9.69 Å². The van der Waals surface area contributed by atoms with E-state index in [0.717, 1.165) is 35.9 Å². The van der Waals surface area contributed by atoms with E-state index in [2.05, 4.69) is 45.1 Å². The van der Waals surface area contributed by atoms with Crippen LogP contribution in [0.25, 0.3) is 0 Å². The van der Waals surface area contributed by atoms with Gasteiger partial charge in [0.05, 0.1) is 0 Å². The van der Waals surface area contributed by atoms with Crippen LogP contribution in [0.3, 0.4) is 0 Å². The summed E-state index contributed by atoms with van der Waals surface area (Å²) in [6.07, 6.45) is 3.70. The second kappa shape index (κ2) is 7.14.